The van der Waals surface area contributed by atoms with Gasteiger partial charge in [0, 0.05) is 23.9 Å². The molecule has 1 aromatic heterocycles. The van der Waals surface area contributed by atoms with E-state index in [-0.39, 0.29) is 47.8 Å². The highest BCUT2D eigenvalue weighted by Gasteiger charge is 2.70. The van der Waals surface area contributed by atoms with Crippen molar-refractivity contribution in [2.75, 3.05) is 6.61 Å². The third-order valence-corrected chi connectivity index (χ3v) is 11.2. The lowest BCUT2D eigenvalue weighted by Crippen LogP contribution is -2.67. The molecule has 0 saturated heterocycles. The summed E-state index contributed by atoms with van der Waals surface area (Å²) in [5, 5.41) is 24.0. The van der Waals surface area contributed by atoms with Gasteiger partial charge in [-0.2, -0.15) is 0 Å². The van der Waals surface area contributed by atoms with Crippen molar-refractivity contribution in [3.63, 3.8) is 0 Å². The normalized spacial score (nSPS) is 45.7. The summed E-state index contributed by atoms with van der Waals surface area (Å²) < 4.78 is 11.1. The molecule has 1 aliphatic heterocycles. The summed E-state index contributed by atoms with van der Waals surface area (Å²) in [5.74, 6) is 0.0439. The van der Waals surface area contributed by atoms with Gasteiger partial charge in [0.2, 0.25) is 0 Å². The molecular formula is C29H37NO6. The van der Waals surface area contributed by atoms with Crippen molar-refractivity contribution >= 4 is 11.9 Å². The molecule has 9 atom stereocenters. The van der Waals surface area contributed by atoms with Crippen molar-refractivity contribution in [2.45, 2.75) is 83.0 Å². The second-order valence-corrected chi connectivity index (χ2v) is 12.4. The summed E-state index contributed by atoms with van der Waals surface area (Å²) in [7, 11) is 0. The molecule has 9 unspecified atom stereocenters. The molecule has 2 heterocycles. The lowest BCUT2D eigenvalue weighted by atomic mass is 9.42. The highest BCUT2D eigenvalue weighted by Crippen LogP contribution is 2.70. The molecule has 7 heteroatoms. The molecule has 36 heavy (non-hydrogen) atoms. The average Bonchev–Trinajstić information content (AvgIpc) is 3.41. The maximum atomic E-state index is 12.6. The zero-order valence-corrected chi connectivity index (χ0v) is 21.2. The number of aliphatic hydroxyl groups is 2. The van der Waals surface area contributed by atoms with E-state index in [2.05, 4.69) is 11.9 Å². The maximum Gasteiger partial charge on any atom is 0.339 e. The predicted molar refractivity (Wildman–Crippen MR) is 131 cm³/mol. The first-order valence-corrected chi connectivity index (χ1v) is 13.6. The molecule has 0 radical (unpaired) electrons. The number of carbonyl (C=O) groups is 2. The van der Waals surface area contributed by atoms with Gasteiger partial charge in [0.1, 0.15) is 12.7 Å². The standard InChI is InChI=1S/C29H37NO6/c1-27-9-7-20(36-26(33)17-4-3-11-30-15-17)13-19(27)5-6-22-23(27)14-24(31)28(2)21(8-10-29(22,28)34)18-12-25(32)35-16-18/h3-4,11-12,15,19-24,31,34H,5-10,13-14,16H2,1-2H3. The van der Waals surface area contributed by atoms with E-state index in [0.29, 0.717) is 24.3 Å². The SMILES string of the molecule is CC12CCC(OC(=O)c3cccnc3)CC1CCC1C2CC(O)C2(C)C(C3=CC(=O)OC3)CCC12O. The minimum Gasteiger partial charge on any atom is -0.459 e. The van der Waals surface area contributed by atoms with Gasteiger partial charge in [0.25, 0.3) is 0 Å². The molecule has 194 valence electrons. The van der Waals surface area contributed by atoms with E-state index in [1.807, 2.05) is 6.92 Å². The molecule has 4 saturated carbocycles. The third-order valence-electron chi connectivity index (χ3n) is 11.2. The number of esters is 2. The Hall–Kier alpha value is -2.25. The molecule has 0 amide bonds. The zero-order chi connectivity index (χ0) is 25.3. The second kappa shape index (κ2) is 8.38. The number of aromatic nitrogens is 1. The van der Waals surface area contributed by atoms with E-state index in [9.17, 15) is 19.8 Å². The smallest absolute Gasteiger partial charge is 0.339 e. The summed E-state index contributed by atoms with van der Waals surface area (Å²) in [5.41, 5.74) is -0.266. The molecule has 0 spiro atoms. The second-order valence-electron chi connectivity index (χ2n) is 12.4. The number of hydrogen-bond donors (Lipinski definition) is 2. The summed E-state index contributed by atoms with van der Waals surface area (Å²) in [6.45, 7) is 4.65. The summed E-state index contributed by atoms with van der Waals surface area (Å²) in [6, 6.07) is 3.47. The molecule has 1 aromatic rings. The van der Waals surface area contributed by atoms with Gasteiger partial charge in [-0.15, -0.1) is 0 Å². The number of rotatable bonds is 3. The number of carbonyl (C=O) groups excluding carboxylic acids is 2. The van der Waals surface area contributed by atoms with E-state index in [4.69, 9.17) is 9.47 Å². The van der Waals surface area contributed by atoms with E-state index in [1.165, 1.54) is 0 Å². The fraction of sp³-hybridized carbons (Fsp3) is 0.690. The monoisotopic (exact) mass is 495 g/mol. The Bertz CT molecular complexity index is 1090. The molecule has 0 bridgehead atoms. The van der Waals surface area contributed by atoms with Gasteiger partial charge in [-0.1, -0.05) is 13.8 Å². The van der Waals surface area contributed by atoms with Crippen molar-refractivity contribution in [1.82, 2.24) is 4.98 Å². The van der Waals surface area contributed by atoms with E-state index < -0.39 is 17.1 Å². The molecule has 7 nitrogen and oxygen atoms in total. The number of nitrogens with zero attached hydrogens (tertiary/aromatic N) is 1. The van der Waals surface area contributed by atoms with Crippen molar-refractivity contribution < 1.29 is 29.3 Å². The Morgan fingerprint density at radius 3 is 2.69 bits per heavy atom. The van der Waals surface area contributed by atoms with Crippen LogP contribution in [-0.2, 0) is 14.3 Å². The van der Waals surface area contributed by atoms with Gasteiger partial charge < -0.3 is 19.7 Å². The highest BCUT2D eigenvalue weighted by molar-refractivity contribution is 5.89. The number of cyclic esters (lactones) is 1. The van der Waals surface area contributed by atoms with Gasteiger partial charge in [-0.25, -0.2) is 9.59 Å². The first kappa shape index (κ1) is 24.1. The molecule has 6 rings (SSSR count). The van der Waals surface area contributed by atoms with Crippen LogP contribution in [-0.4, -0.2) is 51.6 Å². The minimum atomic E-state index is -0.968. The number of fused-ring (bicyclic) bond motifs is 5. The minimum absolute atomic E-state index is 0.0119. The predicted octanol–water partition coefficient (Wildman–Crippen LogP) is 3.83. The largest absolute Gasteiger partial charge is 0.459 e. The van der Waals surface area contributed by atoms with Crippen LogP contribution in [0.2, 0.25) is 0 Å². The first-order chi connectivity index (χ1) is 17.2. The number of pyridine rings is 1. The van der Waals surface area contributed by atoms with Crippen LogP contribution in [0.25, 0.3) is 0 Å². The van der Waals surface area contributed by atoms with Gasteiger partial charge in [-0.05, 0) is 98.2 Å². The van der Waals surface area contributed by atoms with Gasteiger partial charge in [0.15, 0.2) is 0 Å². The van der Waals surface area contributed by atoms with E-state index in [1.54, 1.807) is 30.6 Å². The van der Waals surface area contributed by atoms with Crippen LogP contribution in [0.15, 0.2) is 36.2 Å². The van der Waals surface area contributed by atoms with Crippen molar-refractivity contribution in [3.8, 4) is 0 Å². The summed E-state index contributed by atoms with van der Waals surface area (Å²) in [6.07, 6.45) is 10.5. The summed E-state index contributed by atoms with van der Waals surface area (Å²) in [4.78, 5) is 28.4. The van der Waals surface area contributed by atoms with Crippen LogP contribution in [0.4, 0.5) is 0 Å². The molecule has 0 aromatic carbocycles. The average molecular weight is 496 g/mol. The maximum absolute atomic E-state index is 12.6. The lowest BCUT2D eigenvalue weighted by molar-refractivity contribution is -0.244. The van der Waals surface area contributed by atoms with Crippen LogP contribution in [0.5, 0.6) is 0 Å². The number of ether oxygens (including phenoxy) is 2. The fourth-order valence-corrected chi connectivity index (χ4v) is 9.16. The molecule has 4 aliphatic carbocycles. The quantitative estimate of drug-likeness (QED) is 0.614. The van der Waals surface area contributed by atoms with Crippen LogP contribution in [0.3, 0.4) is 0 Å². The van der Waals surface area contributed by atoms with Gasteiger partial charge in [0.05, 0.1) is 17.3 Å². The Morgan fingerprint density at radius 1 is 1.14 bits per heavy atom. The van der Waals surface area contributed by atoms with Crippen molar-refractivity contribution in [3.05, 3.63) is 41.7 Å². The Morgan fingerprint density at radius 2 is 1.97 bits per heavy atom. The van der Waals surface area contributed by atoms with Gasteiger partial charge >= 0.3 is 11.9 Å². The number of hydrogen-bond acceptors (Lipinski definition) is 7. The Kier molecular flexibility index (Phi) is 5.61. The molecule has 4 fully saturated rings. The highest BCUT2D eigenvalue weighted by atomic mass is 16.5. The fourth-order valence-electron chi connectivity index (χ4n) is 9.16. The molecule has 5 aliphatic rings. The Balaban J connectivity index is 1.21. The van der Waals surface area contributed by atoms with Crippen molar-refractivity contribution in [1.29, 1.82) is 0 Å². The van der Waals surface area contributed by atoms with Gasteiger partial charge in [-0.3, -0.25) is 4.98 Å². The number of aliphatic hydroxyl groups excluding tert-OH is 1. The van der Waals surface area contributed by atoms with E-state index >= 15 is 0 Å². The zero-order valence-electron chi connectivity index (χ0n) is 21.2. The molecule has 2 N–H and O–H groups in total. The van der Waals surface area contributed by atoms with E-state index in [0.717, 1.165) is 44.1 Å². The lowest BCUT2D eigenvalue weighted by Gasteiger charge is -2.65. The topological polar surface area (TPSA) is 106 Å². The van der Waals surface area contributed by atoms with Crippen LogP contribution in [0, 0.1) is 34.5 Å². The summed E-state index contributed by atoms with van der Waals surface area (Å²) >= 11 is 0. The van der Waals surface area contributed by atoms with Crippen LogP contribution < -0.4 is 0 Å². The Labute approximate surface area is 212 Å². The third kappa shape index (κ3) is 3.34. The van der Waals surface area contributed by atoms with Crippen molar-refractivity contribution in [2.24, 2.45) is 34.5 Å². The van der Waals surface area contributed by atoms with Crippen LogP contribution >= 0.6 is 0 Å². The first-order valence-electron chi connectivity index (χ1n) is 13.6. The van der Waals surface area contributed by atoms with Crippen LogP contribution in [0.1, 0.15) is 75.6 Å². The molecular weight excluding hydrogens is 458 g/mol.